The molecule has 0 aliphatic rings. The van der Waals surface area contributed by atoms with Gasteiger partial charge in [0.1, 0.15) is 0 Å². The molecule has 0 aromatic heterocycles. The number of hydrogen-bond acceptors (Lipinski definition) is 4. The highest BCUT2D eigenvalue weighted by molar-refractivity contribution is 6.58. The van der Waals surface area contributed by atoms with E-state index in [0.29, 0.717) is 11.0 Å². The Balaban J connectivity index is 1.83. The molecule has 2 aromatic carbocycles. The molecule has 21 heavy (non-hydrogen) atoms. The summed E-state index contributed by atoms with van der Waals surface area (Å²) in [5.41, 5.74) is 5.19. The van der Waals surface area contributed by atoms with Crippen molar-refractivity contribution in [2.75, 3.05) is 0 Å². The summed E-state index contributed by atoms with van der Waals surface area (Å²) in [6.07, 6.45) is 0. The standard InChI is InChI=1S/C15H16BNO4/c1-11-2-6-13(7-3-11)15(18)17-21-10-12-4-8-14(9-5-12)16(19)20/h2-9,19-20H,10H2,1H3,(H,17,18). The van der Waals surface area contributed by atoms with E-state index < -0.39 is 7.12 Å². The van der Waals surface area contributed by atoms with Crippen LogP contribution in [0.5, 0.6) is 0 Å². The highest BCUT2D eigenvalue weighted by atomic mass is 16.6. The van der Waals surface area contributed by atoms with Gasteiger partial charge in [-0.3, -0.25) is 9.63 Å². The maximum atomic E-state index is 11.8. The number of carbonyl (C=O) groups excluding carboxylic acids is 1. The SMILES string of the molecule is Cc1ccc(C(=O)NOCc2ccc(B(O)O)cc2)cc1. The highest BCUT2D eigenvalue weighted by Gasteiger charge is 2.10. The van der Waals surface area contributed by atoms with Gasteiger partial charge in [-0.25, -0.2) is 5.48 Å². The lowest BCUT2D eigenvalue weighted by Gasteiger charge is -2.07. The fourth-order valence-electron chi connectivity index (χ4n) is 1.73. The first-order chi connectivity index (χ1) is 10.1. The van der Waals surface area contributed by atoms with Gasteiger partial charge in [-0.15, -0.1) is 0 Å². The van der Waals surface area contributed by atoms with Gasteiger partial charge in [0.25, 0.3) is 5.91 Å². The largest absolute Gasteiger partial charge is 0.488 e. The number of hydrogen-bond donors (Lipinski definition) is 3. The van der Waals surface area contributed by atoms with Crippen LogP contribution in [0, 0.1) is 6.92 Å². The number of amides is 1. The van der Waals surface area contributed by atoms with Gasteiger partial charge in [-0.05, 0) is 30.1 Å². The molecular formula is C15H16BNO4. The van der Waals surface area contributed by atoms with Crippen molar-refractivity contribution in [1.29, 1.82) is 0 Å². The molecule has 0 saturated carbocycles. The van der Waals surface area contributed by atoms with Crippen molar-refractivity contribution in [2.45, 2.75) is 13.5 Å². The van der Waals surface area contributed by atoms with E-state index in [4.69, 9.17) is 14.9 Å². The van der Waals surface area contributed by atoms with Crippen molar-refractivity contribution in [3.05, 3.63) is 65.2 Å². The van der Waals surface area contributed by atoms with Crippen LogP contribution in [0.25, 0.3) is 0 Å². The molecule has 2 rings (SSSR count). The van der Waals surface area contributed by atoms with E-state index in [1.165, 1.54) is 0 Å². The molecular weight excluding hydrogens is 269 g/mol. The predicted octanol–water partition coefficient (Wildman–Crippen LogP) is 0.536. The zero-order valence-corrected chi connectivity index (χ0v) is 11.6. The fourth-order valence-corrected chi connectivity index (χ4v) is 1.73. The summed E-state index contributed by atoms with van der Waals surface area (Å²) in [6, 6.07) is 13.7. The third kappa shape index (κ3) is 4.42. The molecule has 2 aromatic rings. The number of carbonyl (C=O) groups is 1. The second-order valence-electron chi connectivity index (χ2n) is 4.70. The van der Waals surface area contributed by atoms with Crippen molar-refractivity contribution < 1.29 is 19.7 Å². The van der Waals surface area contributed by atoms with Crippen LogP contribution in [0.1, 0.15) is 21.5 Å². The number of rotatable bonds is 5. The van der Waals surface area contributed by atoms with Crippen LogP contribution >= 0.6 is 0 Å². The van der Waals surface area contributed by atoms with Crippen LogP contribution in [-0.4, -0.2) is 23.1 Å². The molecule has 108 valence electrons. The van der Waals surface area contributed by atoms with E-state index in [-0.39, 0.29) is 12.5 Å². The van der Waals surface area contributed by atoms with E-state index in [2.05, 4.69) is 5.48 Å². The van der Waals surface area contributed by atoms with Crippen LogP contribution in [0.2, 0.25) is 0 Å². The van der Waals surface area contributed by atoms with Gasteiger partial charge in [0.2, 0.25) is 0 Å². The van der Waals surface area contributed by atoms with Crippen LogP contribution in [0.4, 0.5) is 0 Å². The smallest absolute Gasteiger partial charge is 0.423 e. The quantitative estimate of drug-likeness (QED) is 0.553. The average molecular weight is 285 g/mol. The lowest BCUT2D eigenvalue weighted by atomic mass is 9.80. The van der Waals surface area contributed by atoms with Crippen LogP contribution in [0.15, 0.2) is 48.5 Å². The first-order valence-corrected chi connectivity index (χ1v) is 6.50. The predicted molar refractivity (Wildman–Crippen MR) is 79.7 cm³/mol. The second kappa shape index (κ2) is 7.03. The Morgan fingerprint density at radius 1 is 1.10 bits per heavy atom. The van der Waals surface area contributed by atoms with Gasteiger partial charge in [0.15, 0.2) is 0 Å². The average Bonchev–Trinajstić information content (AvgIpc) is 2.48. The summed E-state index contributed by atoms with van der Waals surface area (Å²) in [7, 11) is -1.48. The van der Waals surface area contributed by atoms with Gasteiger partial charge < -0.3 is 10.0 Å². The zero-order chi connectivity index (χ0) is 15.2. The summed E-state index contributed by atoms with van der Waals surface area (Å²) in [6.45, 7) is 2.14. The van der Waals surface area contributed by atoms with Crippen LogP contribution in [0.3, 0.4) is 0 Å². The minimum Gasteiger partial charge on any atom is -0.423 e. The first kappa shape index (κ1) is 15.2. The van der Waals surface area contributed by atoms with Crippen LogP contribution in [-0.2, 0) is 11.4 Å². The first-order valence-electron chi connectivity index (χ1n) is 6.50. The molecule has 0 spiro atoms. The van der Waals surface area contributed by atoms with E-state index in [1.807, 2.05) is 19.1 Å². The normalized spacial score (nSPS) is 10.2. The van der Waals surface area contributed by atoms with E-state index in [0.717, 1.165) is 11.1 Å². The molecule has 5 nitrogen and oxygen atoms in total. The molecule has 0 bridgehead atoms. The molecule has 0 heterocycles. The van der Waals surface area contributed by atoms with Gasteiger partial charge >= 0.3 is 7.12 Å². The van der Waals surface area contributed by atoms with Crippen molar-refractivity contribution in [3.8, 4) is 0 Å². The molecule has 0 radical (unpaired) electrons. The Labute approximate surface area is 123 Å². The fraction of sp³-hybridized carbons (Fsp3) is 0.133. The third-order valence-electron chi connectivity index (χ3n) is 3.00. The molecule has 6 heteroatoms. The molecule has 0 fully saturated rings. The van der Waals surface area contributed by atoms with Crippen molar-refractivity contribution in [3.63, 3.8) is 0 Å². The number of aryl methyl sites for hydroxylation is 1. The Hall–Kier alpha value is -2.15. The third-order valence-corrected chi connectivity index (χ3v) is 3.00. The molecule has 0 saturated heterocycles. The molecule has 0 unspecified atom stereocenters. The van der Waals surface area contributed by atoms with Crippen molar-refractivity contribution >= 4 is 18.5 Å². The maximum absolute atomic E-state index is 11.8. The highest BCUT2D eigenvalue weighted by Crippen LogP contribution is 2.03. The summed E-state index contributed by atoms with van der Waals surface area (Å²) >= 11 is 0. The Kier molecular flexibility index (Phi) is 5.11. The summed E-state index contributed by atoms with van der Waals surface area (Å²) in [5.74, 6) is -0.308. The Morgan fingerprint density at radius 3 is 2.29 bits per heavy atom. The van der Waals surface area contributed by atoms with E-state index >= 15 is 0 Å². The van der Waals surface area contributed by atoms with Gasteiger partial charge in [-0.2, -0.15) is 0 Å². The minimum atomic E-state index is -1.48. The maximum Gasteiger partial charge on any atom is 0.488 e. The van der Waals surface area contributed by atoms with Crippen LogP contribution < -0.4 is 10.9 Å². The van der Waals surface area contributed by atoms with E-state index in [1.54, 1.807) is 36.4 Å². The van der Waals surface area contributed by atoms with Gasteiger partial charge in [0.05, 0.1) is 6.61 Å². The number of benzene rings is 2. The topological polar surface area (TPSA) is 78.8 Å². The molecule has 0 aliphatic carbocycles. The zero-order valence-electron chi connectivity index (χ0n) is 11.6. The molecule has 3 N–H and O–H groups in total. The number of hydroxylamine groups is 1. The number of nitrogens with one attached hydrogen (secondary N) is 1. The second-order valence-corrected chi connectivity index (χ2v) is 4.70. The molecule has 0 aliphatic heterocycles. The summed E-state index contributed by atoms with van der Waals surface area (Å²) in [5, 5.41) is 18.0. The Bertz CT molecular complexity index is 596. The molecule has 0 atom stereocenters. The minimum absolute atomic E-state index is 0.194. The van der Waals surface area contributed by atoms with Crippen molar-refractivity contribution in [2.24, 2.45) is 0 Å². The lowest BCUT2D eigenvalue weighted by Crippen LogP contribution is -2.29. The molecule has 1 amide bonds. The summed E-state index contributed by atoms with van der Waals surface area (Å²) < 4.78 is 0. The van der Waals surface area contributed by atoms with E-state index in [9.17, 15) is 4.79 Å². The van der Waals surface area contributed by atoms with Gasteiger partial charge in [-0.1, -0.05) is 42.0 Å². The Morgan fingerprint density at radius 2 is 1.71 bits per heavy atom. The lowest BCUT2D eigenvalue weighted by molar-refractivity contribution is 0.0233. The monoisotopic (exact) mass is 285 g/mol. The summed E-state index contributed by atoms with van der Waals surface area (Å²) in [4.78, 5) is 16.9. The van der Waals surface area contributed by atoms with Crippen molar-refractivity contribution in [1.82, 2.24) is 5.48 Å². The van der Waals surface area contributed by atoms with Gasteiger partial charge in [0, 0.05) is 5.56 Å².